The summed E-state index contributed by atoms with van der Waals surface area (Å²) in [4.78, 5) is 41.4. The minimum Gasteiger partial charge on any atom is -0.444 e. The summed E-state index contributed by atoms with van der Waals surface area (Å²) in [5.41, 5.74) is 4.12. The lowest BCUT2D eigenvalue weighted by atomic mass is 9.97. The quantitative estimate of drug-likeness (QED) is 0.219. The molecule has 2 amide bonds. The fourth-order valence-corrected chi connectivity index (χ4v) is 7.01. The van der Waals surface area contributed by atoms with Gasteiger partial charge in [-0.25, -0.2) is 28.3 Å². The molecule has 0 unspecified atom stereocenters. The lowest BCUT2D eigenvalue weighted by Gasteiger charge is -2.31. The number of hydrogen-bond acceptors (Lipinski definition) is 7. The highest BCUT2D eigenvalue weighted by atomic mass is 19.3. The monoisotopic (exact) mass is 710 g/mol. The predicted molar refractivity (Wildman–Crippen MR) is 197 cm³/mol. The Kier molecular flexibility index (Phi) is 8.62. The first-order chi connectivity index (χ1) is 24.4. The van der Waals surface area contributed by atoms with Crippen molar-refractivity contribution in [2.24, 2.45) is 4.99 Å². The molecule has 7 rings (SSSR count). The normalized spacial score (nSPS) is 20.1. The number of aliphatic imine (C=N–C) groups is 1. The standard InChI is InChI=1S/C40H44F2N6O4/c1-23-29-15-14-27(19-30(29)45-35(44-23)33-20-40(41,42)22-48(33)37(50)52-39(5,6)7)25-10-11-26-18-28(13-12-24(26)17-25)31-21-43-34(46-31)32-9-8-16-47(32)36(49)51-38(2,3)4/h10-15,17-19,21,32-33H,1,8-9,16,20,22H2,2-7H3,(H,43,46)(H,44,45)/t32-,33-/m0/s1. The largest absolute Gasteiger partial charge is 0.444 e. The second-order valence-electron chi connectivity index (χ2n) is 15.8. The third-order valence-corrected chi connectivity index (χ3v) is 9.33. The van der Waals surface area contributed by atoms with Crippen molar-refractivity contribution in [3.05, 3.63) is 78.8 Å². The maximum atomic E-state index is 14.7. The molecule has 2 saturated heterocycles. The van der Waals surface area contributed by atoms with Crippen LogP contribution in [0.5, 0.6) is 0 Å². The minimum atomic E-state index is -3.08. The molecule has 52 heavy (non-hydrogen) atoms. The maximum Gasteiger partial charge on any atom is 0.411 e. The van der Waals surface area contributed by atoms with Crippen LogP contribution in [0.2, 0.25) is 0 Å². The first kappa shape index (κ1) is 35.2. The lowest BCUT2D eigenvalue weighted by molar-refractivity contribution is -0.00210. The van der Waals surface area contributed by atoms with Gasteiger partial charge in [-0.3, -0.25) is 9.80 Å². The Morgan fingerprint density at radius 2 is 1.48 bits per heavy atom. The van der Waals surface area contributed by atoms with Gasteiger partial charge in [0.15, 0.2) is 0 Å². The Balaban J connectivity index is 1.12. The second-order valence-corrected chi connectivity index (χ2v) is 15.8. The van der Waals surface area contributed by atoms with E-state index < -0.39 is 42.2 Å². The van der Waals surface area contributed by atoms with Gasteiger partial charge in [-0.05, 0) is 94.5 Å². The van der Waals surface area contributed by atoms with E-state index >= 15 is 0 Å². The zero-order valence-corrected chi connectivity index (χ0v) is 30.3. The Bertz CT molecular complexity index is 2110. The van der Waals surface area contributed by atoms with E-state index in [1.165, 1.54) is 0 Å². The number of benzene rings is 3. The topological polar surface area (TPSA) is 112 Å². The molecule has 2 N–H and O–H groups in total. The van der Waals surface area contributed by atoms with E-state index in [-0.39, 0.29) is 18.0 Å². The zero-order chi connectivity index (χ0) is 37.2. The number of amidine groups is 1. The fraction of sp³-hybridized carbons (Fsp3) is 0.400. The zero-order valence-electron chi connectivity index (χ0n) is 30.3. The Morgan fingerprint density at radius 1 is 0.865 bits per heavy atom. The number of halogens is 2. The molecule has 4 aromatic rings. The number of amides is 2. The molecule has 272 valence electrons. The van der Waals surface area contributed by atoms with Crippen molar-refractivity contribution in [2.75, 3.05) is 13.1 Å². The Labute approximate surface area is 301 Å². The third-order valence-electron chi connectivity index (χ3n) is 9.33. The number of nitrogens with zero attached hydrogens (tertiary/aromatic N) is 4. The van der Waals surface area contributed by atoms with Crippen LogP contribution in [0.1, 0.15) is 78.2 Å². The van der Waals surface area contributed by atoms with Crippen LogP contribution in [-0.2, 0) is 9.47 Å². The van der Waals surface area contributed by atoms with Crippen LogP contribution < -0.4 is 5.32 Å². The van der Waals surface area contributed by atoms with E-state index in [2.05, 4.69) is 46.1 Å². The molecular formula is C40H44F2N6O4. The number of ether oxygens (including phenoxy) is 2. The molecule has 0 saturated carbocycles. The number of carbonyl (C=O) groups is 2. The van der Waals surface area contributed by atoms with Gasteiger partial charge in [0.1, 0.15) is 22.9 Å². The second kappa shape index (κ2) is 12.8. The SMILES string of the molecule is C=C1NC([C@@H]2CC(F)(F)CN2C(=O)OC(C)(C)C)=Nc2cc(-c3ccc4cc(-c5cnc([C@@H]6CCCN6C(=O)OC(C)(C)C)[nH]5)ccc4c3)ccc21. The van der Waals surface area contributed by atoms with Crippen LogP contribution in [-0.4, -0.2) is 74.0 Å². The van der Waals surface area contributed by atoms with Crippen LogP contribution in [0.15, 0.2) is 72.4 Å². The highest BCUT2D eigenvalue weighted by Crippen LogP contribution is 2.39. The number of hydrogen-bond donors (Lipinski definition) is 2. The van der Waals surface area contributed by atoms with E-state index in [9.17, 15) is 18.4 Å². The van der Waals surface area contributed by atoms with Crippen molar-refractivity contribution in [1.29, 1.82) is 0 Å². The van der Waals surface area contributed by atoms with Crippen molar-refractivity contribution in [2.45, 2.75) is 90.0 Å². The number of aromatic amines is 1. The van der Waals surface area contributed by atoms with Gasteiger partial charge in [0, 0.05) is 29.8 Å². The van der Waals surface area contributed by atoms with Crippen LogP contribution in [0, 0.1) is 0 Å². The average Bonchev–Trinajstić information content (AvgIpc) is 3.81. The van der Waals surface area contributed by atoms with Gasteiger partial charge < -0.3 is 19.8 Å². The first-order valence-electron chi connectivity index (χ1n) is 17.6. The molecule has 3 aliphatic rings. The molecule has 2 fully saturated rings. The van der Waals surface area contributed by atoms with Crippen LogP contribution in [0.25, 0.3) is 38.9 Å². The van der Waals surface area contributed by atoms with Gasteiger partial charge in [-0.2, -0.15) is 0 Å². The van der Waals surface area contributed by atoms with E-state index in [1.54, 1.807) is 31.9 Å². The van der Waals surface area contributed by atoms with Crippen molar-refractivity contribution >= 4 is 40.2 Å². The summed E-state index contributed by atoms with van der Waals surface area (Å²) in [7, 11) is 0. The molecule has 0 spiro atoms. The van der Waals surface area contributed by atoms with E-state index in [4.69, 9.17) is 14.5 Å². The number of rotatable bonds is 4. The highest BCUT2D eigenvalue weighted by molar-refractivity contribution is 6.02. The number of carbonyl (C=O) groups excluding carboxylic acids is 2. The van der Waals surface area contributed by atoms with Crippen LogP contribution in [0.4, 0.5) is 24.1 Å². The molecule has 3 aromatic carbocycles. The highest BCUT2D eigenvalue weighted by Gasteiger charge is 2.50. The first-order valence-corrected chi connectivity index (χ1v) is 17.6. The van der Waals surface area contributed by atoms with Gasteiger partial charge in [-0.15, -0.1) is 0 Å². The van der Waals surface area contributed by atoms with Crippen molar-refractivity contribution in [3.63, 3.8) is 0 Å². The molecule has 0 bridgehead atoms. The number of alkyl halides is 2. The van der Waals surface area contributed by atoms with Gasteiger partial charge in [0.05, 0.1) is 36.2 Å². The van der Waals surface area contributed by atoms with Gasteiger partial charge in [-0.1, -0.05) is 43.0 Å². The predicted octanol–water partition coefficient (Wildman–Crippen LogP) is 9.22. The summed E-state index contributed by atoms with van der Waals surface area (Å²) in [5, 5.41) is 5.14. The molecule has 0 aliphatic carbocycles. The number of H-pyrrole nitrogens is 1. The molecule has 2 atom stereocenters. The lowest BCUT2D eigenvalue weighted by Crippen LogP contribution is -2.47. The molecule has 4 heterocycles. The third kappa shape index (κ3) is 7.24. The number of likely N-dealkylation sites (tertiary alicyclic amines) is 2. The summed E-state index contributed by atoms with van der Waals surface area (Å²) >= 11 is 0. The molecule has 3 aliphatic heterocycles. The molecular weight excluding hydrogens is 666 g/mol. The van der Waals surface area contributed by atoms with Gasteiger partial charge in [0.2, 0.25) is 0 Å². The maximum absolute atomic E-state index is 14.7. The fourth-order valence-electron chi connectivity index (χ4n) is 7.01. The molecule has 10 nitrogen and oxygen atoms in total. The summed E-state index contributed by atoms with van der Waals surface area (Å²) in [5.74, 6) is -2.11. The summed E-state index contributed by atoms with van der Waals surface area (Å²) in [6, 6.07) is 17.0. The summed E-state index contributed by atoms with van der Waals surface area (Å²) < 4.78 is 40.5. The summed E-state index contributed by atoms with van der Waals surface area (Å²) in [6.45, 7) is 14.7. The molecule has 12 heteroatoms. The van der Waals surface area contributed by atoms with Crippen molar-refractivity contribution in [1.82, 2.24) is 25.1 Å². The average molecular weight is 711 g/mol. The van der Waals surface area contributed by atoms with Crippen molar-refractivity contribution < 1.29 is 27.8 Å². The number of imidazole rings is 1. The number of nitrogens with one attached hydrogen (secondary N) is 2. The minimum absolute atomic E-state index is 0.167. The van der Waals surface area contributed by atoms with E-state index in [1.807, 2.05) is 51.1 Å². The number of aromatic nitrogens is 2. The Morgan fingerprint density at radius 3 is 2.17 bits per heavy atom. The Hall–Kier alpha value is -5.26. The smallest absolute Gasteiger partial charge is 0.411 e. The summed E-state index contributed by atoms with van der Waals surface area (Å²) in [6.07, 6.45) is 1.79. The van der Waals surface area contributed by atoms with Crippen molar-refractivity contribution in [3.8, 4) is 22.4 Å². The van der Waals surface area contributed by atoms with Gasteiger partial charge in [0.25, 0.3) is 5.92 Å². The van der Waals surface area contributed by atoms with E-state index in [0.29, 0.717) is 17.9 Å². The molecule has 0 radical (unpaired) electrons. The van der Waals surface area contributed by atoms with E-state index in [0.717, 1.165) is 62.3 Å². The number of fused-ring (bicyclic) bond motifs is 2. The van der Waals surface area contributed by atoms with Crippen LogP contribution in [0.3, 0.4) is 0 Å². The van der Waals surface area contributed by atoms with Crippen LogP contribution >= 0.6 is 0 Å². The molecule has 1 aromatic heterocycles. The van der Waals surface area contributed by atoms with Gasteiger partial charge >= 0.3 is 12.2 Å².